The molecule has 47 heavy (non-hydrogen) atoms. The second kappa shape index (κ2) is 10.8. The van der Waals surface area contributed by atoms with Gasteiger partial charge in [0.2, 0.25) is 23.6 Å². The molecule has 4 aliphatic rings. The zero-order valence-electron chi connectivity index (χ0n) is 25.6. The Bertz CT molecular complexity index is 2110. The highest BCUT2D eigenvalue weighted by atomic mass is 35.5. The van der Waals surface area contributed by atoms with Crippen molar-refractivity contribution in [1.82, 2.24) is 0 Å². The second-order valence-electron chi connectivity index (χ2n) is 13.1. The number of aryl methyl sites for hydroxylation is 2. The summed E-state index contributed by atoms with van der Waals surface area (Å²) >= 11 is 12.9. The van der Waals surface area contributed by atoms with Crippen LogP contribution in [0, 0.1) is 43.4 Å². The van der Waals surface area contributed by atoms with Crippen LogP contribution in [0.1, 0.15) is 35.4 Å². The number of hydrogen-bond donors (Lipinski definition) is 1. The van der Waals surface area contributed by atoms with Crippen molar-refractivity contribution in [3.8, 4) is 5.75 Å². The number of nitrogens with zero attached hydrogens (tertiary/aromatic N) is 2. The van der Waals surface area contributed by atoms with E-state index >= 15 is 0 Å². The summed E-state index contributed by atoms with van der Waals surface area (Å²) in [6, 6.07) is 21.3. The predicted octanol–water partition coefficient (Wildman–Crippen LogP) is 7.51. The number of phenols is 1. The standard InChI is InChI=1S/C38H30Cl2N2O5/c1-18-7-10-21(15-28(18)39)41-35(44)25-13-12-24-26(31(25)37(41)46)17-27-34(33(24)32-23-6-4-3-5-20(23)9-14-30(32)43)38(47)42(36(27)45)22-11-8-19(2)29(40)16-22/h3-12,14-16,25-27,31,33-34,43H,13,17H2,1-2H3/t25-,26+,27+,31-,33+,34+/m0/s1. The molecule has 0 bridgehead atoms. The second-order valence-corrected chi connectivity index (χ2v) is 13.9. The van der Waals surface area contributed by atoms with Crippen molar-refractivity contribution < 1.29 is 24.3 Å². The van der Waals surface area contributed by atoms with Crippen LogP contribution in [0.4, 0.5) is 11.4 Å². The molecule has 2 aliphatic heterocycles. The number of allylic oxidation sites excluding steroid dienone is 2. The molecule has 6 atom stereocenters. The minimum Gasteiger partial charge on any atom is -0.508 e. The fraction of sp³-hybridized carbons (Fsp3) is 0.263. The van der Waals surface area contributed by atoms with Gasteiger partial charge in [-0.2, -0.15) is 0 Å². The normalized spacial score (nSPS) is 26.9. The first kappa shape index (κ1) is 29.9. The van der Waals surface area contributed by atoms with E-state index in [0.717, 1.165) is 27.5 Å². The number of carbonyl (C=O) groups is 4. The maximum atomic E-state index is 14.5. The molecule has 8 rings (SSSR count). The third kappa shape index (κ3) is 4.32. The Labute approximate surface area is 281 Å². The Morgan fingerprint density at radius 1 is 0.681 bits per heavy atom. The number of benzene rings is 4. The van der Waals surface area contributed by atoms with Crippen LogP contribution in [-0.2, 0) is 19.2 Å². The lowest BCUT2D eigenvalue weighted by molar-refractivity contribution is -0.126. The number of anilines is 2. The molecular formula is C38H30Cl2N2O5. The molecule has 7 nitrogen and oxygen atoms in total. The quantitative estimate of drug-likeness (QED) is 0.181. The van der Waals surface area contributed by atoms with Crippen LogP contribution in [-0.4, -0.2) is 28.7 Å². The van der Waals surface area contributed by atoms with Gasteiger partial charge in [0, 0.05) is 21.5 Å². The summed E-state index contributed by atoms with van der Waals surface area (Å²) in [6.07, 6.45) is 2.51. The zero-order valence-corrected chi connectivity index (χ0v) is 27.1. The van der Waals surface area contributed by atoms with Crippen molar-refractivity contribution in [2.24, 2.45) is 29.6 Å². The average molecular weight is 666 g/mol. The van der Waals surface area contributed by atoms with Gasteiger partial charge in [0.1, 0.15) is 5.75 Å². The highest BCUT2D eigenvalue weighted by Crippen LogP contribution is 2.60. The number of fused-ring (bicyclic) bond motifs is 5. The Morgan fingerprint density at radius 3 is 1.91 bits per heavy atom. The fourth-order valence-electron chi connectivity index (χ4n) is 8.47. The molecule has 2 heterocycles. The molecule has 0 unspecified atom stereocenters. The average Bonchev–Trinajstić information content (AvgIpc) is 3.46. The molecule has 4 aromatic carbocycles. The first-order valence-electron chi connectivity index (χ1n) is 15.7. The molecule has 9 heteroatoms. The van der Waals surface area contributed by atoms with Crippen LogP contribution in [0.3, 0.4) is 0 Å². The van der Waals surface area contributed by atoms with Gasteiger partial charge in [-0.05, 0) is 84.8 Å². The first-order chi connectivity index (χ1) is 22.6. The highest BCUT2D eigenvalue weighted by Gasteiger charge is 2.62. The summed E-state index contributed by atoms with van der Waals surface area (Å²) in [7, 11) is 0. The Hall–Kier alpha value is -4.46. The van der Waals surface area contributed by atoms with Gasteiger partial charge in [0.25, 0.3) is 0 Å². The summed E-state index contributed by atoms with van der Waals surface area (Å²) in [4.78, 5) is 59.5. The van der Waals surface area contributed by atoms with Crippen LogP contribution >= 0.6 is 23.2 Å². The van der Waals surface area contributed by atoms with Crippen LogP contribution in [0.25, 0.3) is 10.8 Å². The minimum absolute atomic E-state index is 0.0120. The van der Waals surface area contributed by atoms with Gasteiger partial charge in [0.05, 0.1) is 35.0 Å². The molecule has 0 aromatic heterocycles. The Balaban J connectivity index is 1.29. The van der Waals surface area contributed by atoms with E-state index in [-0.39, 0.29) is 35.8 Å². The van der Waals surface area contributed by atoms with Gasteiger partial charge >= 0.3 is 0 Å². The number of hydrogen-bond acceptors (Lipinski definition) is 5. The van der Waals surface area contributed by atoms with E-state index in [0.29, 0.717) is 33.4 Å². The molecular weight excluding hydrogens is 635 g/mol. The van der Waals surface area contributed by atoms with E-state index in [1.54, 1.807) is 42.5 Å². The maximum absolute atomic E-state index is 14.5. The minimum atomic E-state index is -0.822. The first-order valence-corrected chi connectivity index (χ1v) is 16.5. The number of phenolic OH excluding ortho intramolecular Hbond substituents is 1. The number of halogens is 2. The predicted molar refractivity (Wildman–Crippen MR) is 180 cm³/mol. The van der Waals surface area contributed by atoms with Gasteiger partial charge in [-0.25, -0.2) is 9.80 Å². The van der Waals surface area contributed by atoms with E-state index in [2.05, 4.69) is 0 Å². The topological polar surface area (TPSA) is 95.0 Å². The molecule has 4 aromatic rings. The monoisotopic (exact) mass is 664 g/mol. The van der Waals surface area contributed by atoms with E-state index in [4.69, 9.17) is 23.2 Å². The molecule has 2 saturated heterocycles. The van der Waals surface area contributed by atoms with E-state index in [1.165, 1.54) is 9.80 Å². The number of rotatable bonds is 3. The van der Waals surface area contributed by atoms with Gasteiger partial charge in [-0.15, -0.1) is 0 Å². The molecule has 1 N–H and O–H groups in total. The molecule has 236 valence electrons. The van der Waals surface area contributed by atoms with Crippen molar-refractivity contribution in [2.45, 2.75) is 32.6 Å². The number of aromatic hydroxyl groups is 1. The SMILES string of the molecule is Cc1ccc(N2C(=O)[C@H]3[C@H](CC=C4[C@H]3C[C@H]3C(=O)N(c5ccc(C)c(Cl)c5)C(=O)[C@H]3[C@H]4c3c(O)ccc4ccccc34)C2=O)cc1Cl. The van der Waals surface area contributed by atoms with Crippen molar-refractivity contribution in [3.63, 3.8) is 0 Å². The number of amides is 4. The lowest BCUT2D eigenvalue weighted by Crippen LogP contribution is -2.43. The largest absolute Gasteiger partial charge is 0.508 e. The fourth-order valence-corrected chi connectivity index (χ4v) is 8.82. The summed E-state index contributed by atoms with van der Waals surface area (Å²) in [6.45, 7) is 3.70. The van der Waals surface area contributed by atoms with Gasteiger partial charge < -0.3 is 5.11 Å². The van der Waals surface area contributed by atoms with E-state index in [1.807, 2.05) is 50.3 Å². The van der Waals surface area contributed by atoms with Crippen molar-refractivity contribution >= 4 is 69.0 Å². The summed E-state index contributed by atoms with van der Waals surface area (Å²) < 4.78 is 0. The van der Waals surface area contributed by atoms with E-state index < -0.39 is 35.5 Å². The number of carbonyl (C=O) groups excluding carboxylic acids is 4. The third-order valence-electron chi connectivity index (χ3n) is 10.7. The Kier molecular flexibility index (Phi) is 6.87. The maximum Gasteiger partial charge on any atom is 0.238 e. The molecule has 3 fully saturated rings. The summed E-state index contributed by atoms with van der Waals surface area (Å²) in [5, 5.41) is 14.0. The van der Waals surface area contributed by atoms with Crippen LogP contribution in [0.5, 0.6) is 5.75 Å². The lowest BCUT2D eigenvalue weighted by Gasteiger charge is -2.44. The molecule has 0 spiro atoms. The summed E-state index contributed by atoms with van der Waals surface area (Å²) in [5.74, 6) is -5.51. The van der Waals surface area contributed by atoms with Crippen molar-refractivity contribution in [1.29, 1.82) is 0 Å². The highest BCUT2D eigenvalue weighted by molar-refractivity contribution is 6.33. The van der Waals surface area contributed by atoms with Crippen LogP contribution in [0.2, 0.25) is 10.0 Å². The van der Waals surface area contributed by atoms with Crippen molar-refractivity contribution in [3.05, 3.63) is 111 Å². The zero-order chi connectivity index (χ0) is 32.9. The van der Waals surface area contributed by atoms with E-state index in [9.17, 15) is 24.3 Å². The summed E-state index contributed by atoms with van der Waals surface area (Å²) in [5.41, 5.74) is 3.81. The van der Waals surface area contributed by atoms with Gasteiger partial charge in [0.15, 0.2) is 0 Å². The van der Waals surface area contributed by atoms with Gasteiger partial charge in [-0.3, -0.25) is 19.2 Å². The van der Waals surface area contributed by atoms with Gasteiger partial charge in [-0.1, -0.05) is 77.3 Å². The van der Waals surface area contributed by atoms with Crippen LogP contribution in [0.15, 0.2) is 84.4 Å². The number of imide groups is 2. The third-order valence-corrected chi connectivity index (χ3v) is 11.5. The Morgan fingerprint density at radius 2 is 1.28 bits per heavy atom. The smallest absolute Gasteiger partial charge is 0.238 e. The van der Waals surface area contributed by atoms with Crippen molar-refractivity contribution in [2.75, 3.05) is 9.80 Å². The lowest BCUT2D eigenvalue weighted by atomic mass is 9.56. The molecule has 4 amide bonds. The van der Waals surface area contributed by atoms with Crippen LogP contribution < -0.4 is 9.80 Å². The molecule has 2 aliphatic carbocycles. The molecule has 1 saturated carbocycles. The molecule has 0 radical (unpaired) electrons.